The molecule has 4 N–H and O–H groups in total. The Morgan fingerprint density at radius 2 is 1.84 bits per heavy atom. The SMILES string of the molecule is Cc1onc(-c2c(Cl)cccc2Cl)c1C(=O)Nc1ccc(OC[C@@H](O)C[NH2+]C(C)C)cc1. The lowest BCUT2D eigenvalue weighted by molar-refractivity contribution is -0.688. The third kappa shape index (κ3) is 6.01. The van der Waals surface area contributed by atoms with Gasteiger partial charge in [-0.1, -0.05) is 34.4 Å². The Hall–Kier alpha value is -2.58. The van der Waals surface area contributed by atoms with E-state index in [1.165, 1.54) is 0 Å². The summed E-state index contributed by atoms with van der Waals surface area (Å²) in [6.45, 7) is 6.54. The maximum Gasteiger partial charge on any atom is 0.261 e. The number of amides is 1. The quantitative estimate of drug-likeness (QED) is 0.432. The molecule has 0 unspecified atom stereocenters. The van der Waals surface area contributed by atoms with Crippen molar-refractivity contribution < 1.29 is 24.5 Å². The molecular weight excluding hydrogens is 453 g/mol. The average molecular weight is 479 g/mol. The molecule has 9 heteroatoms. The molecule has 0 spiro atoms. The number of nitrogens with one attached hydrogen (secondary N) is 1. The first-order valence-corrected chi connectivity index (χ1v) is 11.0. The number of aliphatic hydroxyl groups excluding tert-OH is 1. The monoisotopic (exact) mass is 478 g/mol. The molecule has 0 fully saturated rings. The number of halogens is 2. The number of anilines is 1. The van der Waals surface area contributed by atoms with Crippen LogP contribution in [0.2, 0.25) is 10.0 Å². The lowest BCUT2D eigenvalue weighted by Gasteiger charge is -2.13. The number of nitrogens with zero attached hydrogens (tertiary/aromatic N) is 1. The number of aryl methyl sites for hydroxylation is 1. The van der Waals surface area contributed by atoms with E-state index in [0.717, 1.165) is 0 Å². The standard InChI is InChI=1S/C23H25Cl2N3O4/c1-13(2)26-11-16(29)12-31-17-9-7-15(8-10-17)27-23(30)20-14(3)32-28-22(20)21-18(24)5-4-6-19(21)25/h4-10,13,16,26,29H,11-12H2,1-3H3,(H,27,30)/p+1/t16-/m0/s1. The molecule has 3 rings (SSSR count). The second-order valence-corrected chi connectivity index (χ2v) is 8.53. The number of aromatic nitrogens is 1. The van der Waals surface area contributed by atoms with Gasteiger partial charge in [0.25, 0.3) is 5.91 Å². The maximum absolute atomic E-state index is 13.0. The summed E-state index contributed by atoms with van der Waals surface area (Å²) >= 11 is 12.6. The van der Waals surface area contributed by atoms with E-state index >= 15 is 0 Å². The summed E-state index contributed by atoms with van der Waals surface area (Å²) in [4.78, 5) is 13.0. The number of carbonyl (C=O) groups excluding carboxylic acids is 1. The van der Waals surface area contributed by atoms with Gasteiger partial charge in [-0.15, -0.1) is 0 Å². The fourth-order valence-corrected chi connectivity index (χ4v) is 3.63. The summed E-state index contributed by atoms with van der Waals surface area (Å²) in [6.07, 6.45) is -0.566. The van der Waals surface area contributed by atoms with E-state index in [9.17, 15) is 9.90 Å². The molecule has 170 valence electrons. The van der Waals surface area contributed by atoms with Crippen LogP contribution in [0.4, 0.5) is 5.69 Å². The van der Waals surface area contributed by atoms with Crippen molar-refractivity contribution >= 4 is 34.8 Å². The largest absolute Gasteiger partial charge is 0.491 e. The van der Waals surface area contributed by atoms with Crippen LogP contribution in [0.15, 0.2) is 47.0 Å². The van der Waals surface area contributed by atoms with Gasteiger partial charge in [0.2, 0.25) is 0 Å². The summed E-state index contributed by atoms with van der Waals surface area (Å²) in [5.41, 5.74) is 1.54. The van der Waals surface area contributed by atoms with Crippen LogP contribution in [-0.4, -0.2) is 41.5 Å². The smallest absolute Gasteiger partial charge is 0.261 e. The molecule has 0 saturated heterocycles. The molecule has 0 aliphatic carbocycles. The zero-order chi connectivity index (χ0) is 23.3. The number of benzene rings is 2. The molecule has 0 saturated carbocycles. The van der Waals surface area contributed by atoms with E-state index in [1.807, 2.05) is 5.32 Å². The molecular formula is C23H26Cl2N3O4+. The lowest BCUT2D eigenvalue weighted by atomic mass is 10.1. The predicted octanol–water partition coefficient (Wildman–Crippen LogP) is 3.92. The highest BCUT2D eigenvalue weighted by Crippen LogP contribution is 2.37. The molecule has 1 amide bonds. The van der Waals surface area contributed by atoms with Crippen molar-refractivity contribution in [1.29, 1.82) is 0 Å². The number of nitrogens with two attached hydrogens (primary N) is 1. The van der Waals surface area contributed by atoms with Gasteiger partial charge < -0.3 is 25.0 Å². The predicted molar refractivity (Wildman–Crippen MR) is 125 cm³/mol. The first-order chi connectivity index (χ1) is 15.3. The Morgan fingerprint density at radius 1 is 1.19 bits per heavy atom. The van der Waals surface area contributed by atoms with E-state index in [0.29, 0.717) is 45.4 Å². The second-order valence-electron chi connectivity index (χ2n) is 7.72. The first kappa shape index (κ1) is 24.1. The van der Waals surface area contributed by atoms with Gasteiger partial charge in [-0.05, 0) is 57.2 Å². The third-order valence-electron chi connectivity index (χ3n) is 4.72. The highest BCUT2D eigenvalue weighted by molar-refractivity contribution is 6.39. The summed E-state index contributed by atoms with van der Waals surface area (Å²) in [6, 6.07) is 12.3. The van der Waals surface area contributed by atoms with Crippen molar-refractivity contribution in [3.8, 4) is 17.0 Å². The molecule has 2 aromatic carbocycles. The van der Waals surface area contributed by atoms with Gasteiger partial charge in [0.15, 0.2) is 0 Å². The first-order valence-electron chi connectivity index (χ1n) is 10.2. The summed E-state index contributed by atoms with van der Waals surface area (Å²) in [5.74, 6) is 0.542. The van der Waals surface area contributed by atoms with Crippen LogP contribution >= 0.6 is 23.2 Å². The zero-order valence-corrected chi connectivity index (χ0v) is 19.6. The second kappa shape index (κ2) is 10.8. The molecule has 1 aromatic heterocycles. The van der Waals surface area contributed by atoms with Crippen molar-refractivity contribution in [2.75, 3.05) is 18.5 Å². The van der Waals surface area contributed by atoms with Crippen molar-refractivity contribution in [2.45, 2.75) is 32.9 Å². The Kier molecular flexibility index (Phi) is 8.15. The van der Waals surface area contributed by atoms with E-state index in [1.54, 1.807) is 49.4 Å². The Labute approximate surface area is 196 Å². The molecule has 32 heavy (non-hydrogen) atoms. The van der Waals surface area contributed by atoms with Crippen LogP contribution < -0.4 is 15.4 Å². The molecule has 1 heterocycles. The van der Waals surface area contributed by atoms with Crippen molar-refractivity contribution in [1.82, 2.24) is 5.16 Å². The van der Waals surface area contributed by atoms with Crippen LogP contribution in [0.25, 0.3) is 11.3 Å². The summed E-state index contributed by atoms with van der Waals surface area (Å²) < 4.78 is 10.9. The van der Waals surface area contributed by atoms with E-state index < -0.39 is 12.0 Å². The number of hydrogen-bond acceptors (Lipinski definition) is 5. The van der Waals surface area contributed by atoms with Gasteiger partial charge in [-0.3, -0.25) is 4.79 Å². The molecule has 3 aromatic rings. The number of ether oxygens (including phenoxy) is 1. The van der Waals surface area contributed by atoms with Crippen LogP contribution in [-0.2, 0) is 0 Å². The minimum absolute atomic E-state index is 0.191. The summed E-state index contributed by atoms with van der Waals surface area (Å²) in [5, 5.41) is 19.6. The van der Waals surface area contributed by atoms with E-state index in [2.05, 4.69) is 24.3 Å². The van der Waals surface area contributed by atoms with Crippen LogP contribution in [0.1, 0.15) is 30.0 Å². The zero-order valence-electron chi connectivity index (χ0n) is 18.1. The fourth-order valence-electron chi connectivity index (χ4n) is 3.05. The number of carbonyl (C=O) groups is 1. The Morgan fingerprint density at radius 3 is 2.47 bits per heavy atom. The number of rotatable bonds is 9. The number of aliphatic hydroxyl groups is 1. The fraction of sp³-hybridized carbons (Fsp3) is 0.304. The highest BCUT2D eigenvalue weighted by Gasteiger charge is 2.25. The van der Waals surface area contributed by atoms with Crippen LogP contribution in [0, 0.1) is 6.92 Å². The van der Waals surface area contributed by atoms with Crippen molar-refractivity contribution in [3.05, 3.63) is 63.8 Å². The molecule has 0 bridgehead atoms. The van der Waals surface area contributed by atoms with E-state index in [4.69, 9.17) is 32.5 Å². The van der Waals surface area contributed by atoms with Crippen LogP contribution in [0.5, 0.6) is 5.75 Å². The normalized spacial score (nSPS) is 12.1. The number of hydrogen-bond donors (Lipinski definition) is 3. The van der Waals surface area contributed by atoms with Gasteiger partial charge in [0.1, 0.15) is 42.0 Å². The average Bonchev–Trinajstić information content (AvgIpc) is 3.12. The number of quaternary nitrogens is 1. The van der Waals surface area contributed by atoms with Gasteiger partial charge >= 0.3 is 0 Å². The Balaban J connectivity index is 1.68. The van der Waals surface area contributed by atoms with Gasteiger partial charge in [-0.25, -0.2) is 0 Å². The Bertz CT molecular complexity index is 1050. The molecule has 7 nitrogen and oxygen atoms in total. The van der Waals surface area contributed by atoms with Gasteiger partial charge in [0.05, 0.1) is 16.1 Å². The molecule has 0 radical (unpaired) electrons. The summed E-state index contributed by atoms with van der Waals surface area (Å²) in [7, 11) is 0. The van der Waals surface area contributed by atoms with Gasteiger partial charge in [-0.2, -0.15) is 0 Å². The molecule has 1 atom stereocenters. The molecule has 0 aliphatic heterocycles. The van der Waals surface area contributed by atoms with Crippen molar-refractivity contribution in [3.63, 3.8) is 0 Å². The molecule has 0 aliphatic rings. The topological polar surface area (TPSA) is 101 Å². The minimum atomic E-state index is -0.566. The lowest BCUT2D eigenvalue weighted by Crippen LogP contribution is -2.90. The third-order valence-corrected chi connectivity index (χ3v) is 5.35. The highest BCUT2D eigenvalue weighted by atomic mass is 35.5. The maximum atomic E-state index is 13.0. The minimum Gasteiger partial charge on any atom is -0.491 e. The van der Waals surface area contributed by atoms with Crippen LogP contribution in [0.3, 0.4) is 0 Å². The van der Waals surface area contributed by atoms with E-state index in [-0.39, 0.29) is 17.9 Å². The van der Waals surface area contributed by atoms with Crippen molar-refractivity contribution in [2.24, 2.45) is 0 Å². The van der Waals surface area contributed by atoms with Gasteiger partial charge in [0, 0.05) is 11.3 Å².